The highest BCUT2D eigenvalue weighted by atomic mass is 35.5. The van der Waals surface area contributed by atoms with E-state index in [4.69, 9.17) is 5.73 Å². The first-order valence-electron chi connectivity index (χ1n) is 5.81. The topological polar surface area (TPSA) is 55.1 Å². The minimum absolute atomic E-state index is 0. The number of halogens is 1. The SMILES string of the molecule is Cl.NC1CCC(NC(=O)Cc2cccs2)CC1. The molecule has 5 heteroatoms. The maximum Gasteiger partial charge on any atom is 0.225 e. The van der Waals surface area contributed by atoms with Crippen molar-refractivity contribution < 1.29 is 4.79 Å². The van der Waals surface area contributed by atoms with E-state index in [1.165, 1.54) is 0 Å². The summed E-state index contributed by atoms with van der Waals surface area (Å²) in [4.78, 5) is 12.9. The Bertz CT molecular complexity index is 334. The molecule has 1 saturated carbocycles. The zero-order valence-corrected chi connectivity index (χ0v) is 11.4. The molecule has 1 aliphatic rings. The van der Waals surface area contributed by atoms with Crippen LogP contribution in [0.3, 0.4) is 0 Å². The largest absolute Gasteiger partial charge is 0.353 e. The monoisotopic (exact) mass is 274 g/mol. The molecule has 1 aromatic heterocycles. The fraction of sp³-hybridized carbons (Fsp3) is 0.583. The summed E-state index contributed by atoms with van der Waals surface area (Å²) in [6, 6.07) is 4.66. The van der Waals surface area contributed by atoms with Crippen LogP contribution in [-0.2, 0) is 11.2 Å². The number of hydrogen-bond acceptors (Lipinski definition) is 3. The van der Waals surface area contributed by atoms with Gasteiger partial charge in [-0.05, 0) is 37.1 Å². The second kappa shape index (κ2) is 6.99. The third kappa shape index (κ3) is 4.66. The zero-order chi connectivity index (χ0) is 11.4. The Morgan fingerprint density at radius 3 is 2.71 bits per heavy atom. The minimum atomic E-state index is 0. The molecule has 0 aromatic carbocycles. The number of thiophene rings is 1. The molecular weight excluding hydrogens is 256 g/mol. The minimum Gasteiger partial charge on any atom is -0.353 e. The van der Waals surface area contributed by atoms with Gasteiger partial charge in [0.25, 0.3) is 0 Å². The summed E-state index contributed by atoms with van der Waals surface area (Å²) >= 11 is 1.63. The molecule has 1 fully saturated rings. The number of hydrogen-bond donors (Lipinski definition) is 2. The van der Waals surface area contributed by atoms with Gasteiger partial charge in [0.2, 0.25) is 5.91 Å². The van der Waals surface area contributed by atoms with Crippen LogP contribution in [0.25, 0.3) is 0 Å². The number of carbonyl (C=O) groups excluding carboxylic acids is 1. The second-order valence-corrected chi connectivity index (χ2v) is 5.47. The maximum atomic E-state index is 11.7. The molecule has 0 atom stereocenters. The lowest BCUT2D eigenvalue weighted by atomic mass is 9.92. The Kier molecular flexibility index (Phi) is 5.95. The molecular formula is C12H19ClN2OS. The van der Waals surface area contributed by atoms with Gasteiger partial charge >= 0.3 is 0 Å². The fourth-order valence-electron chi connectivity index (χ4n) is 2.11. The molecule has 1 amide bonds. The molecule has 2 rings (SSSR count). The molecule has 0 bridgehead atoms. The van der Waals surface area contributed by atoms with Gasteiger partial charge in [0.1, 0.15) is 0 Å². The maximum absolute atomic E-state index is 11.7. The van der Waals surface area contributed by atoms with Gasteiger partial charge in [-0.25, -0.2) is 0 Å². The summed E-state index contributed by atoms with van der Waals surface area (Å²) in [6.45, 7) is 0. The van der Waals surface area contributed by atoms with E-state index < -0.39 is 0 Å². The van der Waals surface area contributed by atoms with Gasteiger partial charge in [-0.1, -0.05) is 6.07 Å². The summed E-state index contributed by atoms with van der Waals surface area (Å²) in [6.07, 6.45) is 4.63. The molecule has 1 heterocycles. The normalized spacial score (nSPS) is 23.8. The first-order chi connectivity index (χ1) is 7.74. The molecule has 3 nitrogen and oxygen atoms in total. The third-order valence-electron chi connectivity index (χ3n) is 3.05. The van der Waals surface area contributed by atoms with Crippen LogP contribution in [0.2, 0.25) is 0 Å². The average molecular weight is 275 g/mol. The predicted octanol–water partition coefficient (Wildman–Crippen LogP) is 2.10. The van der Waals surface area contributed by atoms with Crippen LogP contribution in [0.15, 0.2) is 17.5 Å². The Hall–Kier alpha value is -0.580. The number of nitrogens with one attached hydrogen (secondary N) is 1. The standard InChI is InChI=1S/C12H18N2OS.ClH/c13-9-3-5-10(6-4-9)14-12(15)8-11-2-1-7-16-11;/h1-2,7,9-10H,3-6,8,13H2,(H,14,15);1H. The van der Waals surface area contributed by atoms with Gasteiger partial charge in [0, 0.05) is 17.0 Å². The Labute approximate surface area is 112 Å². The van der Waals surface area contributed by atoms with Gasteiger partial charge in [0.15, 0.2) is 0 Å². The molecule has 0 radical (unpaired) electrons. The number of nitrogens with two attached hydrogens (primary N) is 1. The molecule has 0 spiro atoms. The van der Waals surface area contributed by atoms with Crippen molar-refractivity contribution >= 4 is 29.7 Å². The van der Waals surface area contributed by atoms with Crippen LogP contribution in [0.1, 0.15) is 30.6 Å². The Balaban J connectivity index is 0.00000144. The van der Waals surface area contributed by atoms with E-state index in [0.717, 1.165) is 30.6 Å². The first-order valence-corrected chi connectivity index (χ1v) is 6.69. The van der Waals surface area contributed by atoms with Crippen LogP contribution in [0.5, 0.6) is 0 Å². The van der Waals surface area contributed by atoms with Crippen molar-refractivity contribution in [3.05, 3.63) is 22.4 Å². The quantitative estimate of drug-likeness (QED) is 0.887. The van der Waals surface area contributed by atoms with Crippen molar-refractivity contribution in [2.75, 3.05) is 0 Å². The van der Waals surface area contributed by atoms with Gasteiger partial charge in [0.05, 0.1) is 6.42 Å². The van der Waals surface area contributed by atoms with E-state index in [0.29, 0.717) is 18.5 Å². The summed E-state index contributed by atoms with van der Waals surface area (Å²) < 4.78 is 0. The highest BCUT2D eigenvalue weighted by Crippen LogP contribution is 2.17. The number of amides is 1. The molecule has 0 aliphatic heterocycles. The lowest BCUT2D eigenvalue weighted by molar-refractivity contribution is -0.121. The molecule has 17 heavy (non-hydrogen) atoms. The highest BCUT2D eigenvalue weighted by Gasteiger charge is 2.19. The fourth-order valence-corrected chi connectivity index (χ4v) is 2.82. The Morgan fingerprint density at radius 2 is 2.12 bits per heavy atom. The highest BCUT2D eigenvalue weighted by molar-refractivity contribution is 7.10. The molecule has 0 unspecified atom stereocenters. The van der Waals surface area contributed by atoms with Gasteiger partial charge in [-0.15, -0.1) is 23.7 Å². The summed E-state index contributed by atoms with van der Waals surface area (Å²) in [5, 5.41) is 5.09. The van der Waals surface area contributed by atoms with Crippen molar-refractivity contribution in [3.8, 4) is 0 Å². The summed E-state index contributed by atoms with van der Waals surface area (Å²) in [5.41, 5.74) is 5.83. The van der Waals surface area contributed by atoms with Crippen molar-refractivity contribution in [1.29, 1.82) is 0 Å². The van der Waals surface area contributed by atoms with E-state index >= 15 is 0 Å². The summed E-state index contributed by atoms with van der Waals surface area (Å²) in [7, 11) is 0. The van der Waals surface area contributed by atoms with Gasteiger partial charge in [-0.2, -0.15) is 0 Å². The molecule has 0 saturated heterocycles. The van der Waals surface area contributed by atoms with Crippen LogP contribution in [0, 0.1) is 0 Å². The second-order valence-electron chi connectivity index (χ2n) is 4.44. The van der Waals surface area contributed by atoms with Crippen molar-refractivity contribution in [1.82, 2.24) is 5.32 Å². The van der Waals surface area contributed by atoms with E-state index in [9.17, 15) is 4.79 Å². The van der Waals surface area contributed by atoms with E-state index in [1.54, 1.807) is 11.3 Å². The molecule has 3 N–H and O–H groups in total. The van der Waals surface area contributed by atoms with E-state index in [1.807, 2.05) is 17.5 Å². The van der Waals surface area contributed by atoms with Crippen LogP contribution in [0.4, 0.5) is 0 Å². The number of carbonyl (C=O) groups is 1. The van der Waals surface area contributed by atoms with Crippen LogP contribution in [-0.4, -0.2) is 18.0 Å². The van der Waals surface area contributed by atoms with Crippen molar-refractivity contribution in [2.24, 2.45) is 5.73 Å². The average Bonchev–Trinajstić information content (AvgIpc) is 2.74. The molecule has 1 aliphatic carbocycles. The lowest BCUT2D eigenvalue weighted by Crippen LogP contribution is -2.40. The van der Waals surface area contributed by atoms with E-state index in [2.05, 4.69) is 5.32 Å². The smallest absolute Gasteiger partial charge is 0.225 e. The van der Waals surface area contributed by atoms with Crippen molar-refractivity contribution in [2.45, 2.75) is 44.2 Å². The Morgan fingerprint density at radius 1 is 1.41 bits per heavy atom. The van der Waals surface area contributed by atoms with E-state index in [-0.39, 0.29) is 18.3 Å². The third-order valence-corrected chi connectivity index (χ3v) is 3.93. The van der Waals surface area contributed by atoms with Crippen molar-refractivity contribution in [3.63, 3.8) is 0 Å². The van der Waals surface area contributed by atoms with Gasteiger partial charge in [-0.3, -0.25) is 4.79 Å². The molecule has 1 aromatic rings. The zero-order valence-electron chi connectivity index (χ0n) is 9.72. The number of rotatable bonds is 3. The van der Waals surface area contributed by atoms with Crippen LogP contribution >= 0.6 is 23.7 Å². The first kappa shape index (κ1) is 14.5. The van der Waals surface area contributed by atoms with Crippen LogP contribution < -0.4 is 11.1 Å². The molecule has 96 valence electrons. The lowest BCUT2D eigenvalue weighted by Gasteiger charge is -2.26. The van der Waals surface area contributed by atoms with Gasteiger partial charge < -0.3 is 11.1 Å². The summed E-state index contributed by atoms with van der Waals surface area (Å²) in [5.74, 6) is 0.142. The predicted molar refractivity (Wildman–Crippen MR) is 73.6 cm³/mol.